The van der Waals surface area contributed by atoms with Gasteiger partial charge in [-0.2, -0.15) is 4.98 Å². The fourth-order valence-electron chi connectivity index (χ4n) is 1.77. The number of aromatic nitrogens is 3. The van der Waals surface area contributed by atoms with Crippen LogP contribution in [0.15, 0.2) is 27.5 Å². The summed E-state index contributed by atoms with van der Waals surface area (Å²) in [6, 6.07) is 5.41. The zero-order chi connectivity index (χ0) is 14.0. The molecule has 0 radical (unpaired) electrons. The Hall–Kier alpha value is -1.73. The lowest BCUT2D eigenvalue weighted by atomic mass is 10.3. The van der Waals surface area contributed by atoms with E-state index in [-0.39, 0.29) is 5.69 Å². The molecule has 19 heavy (non-hydrogen) atoms. The second-order valence-corrected chi connectivity index (χ2v) is 4.92. The summed E-state index contributed by atoms with van der Waals surface area (Å²) in [5.74, 6) is 5.87. The Morgan fingerprint density at radius 1 is 1.37 bits per heavy atom. The van der Waals surface area contributed by atoms with E-state index < -0.39 is 0 Å². The maximum atomic E-state index is 11.9. The summed E-state index contributed by atoms with van der Waals surface area (Å²) < 4.78 is 2.40. The lowest BCUT2D eigenvalue weighted by Gasteiger charge is -2.12. The molecule has 0 spiro atoms. The van der Waals surface area contributed by atoms with Crippen molar-refractivity contribution in [3.8, 4) is 0 Å². The average Bonchev–Trinajstić information content (AvgIpc) is 2.41. The summed E-state index contributed by atoms with van der Waals surface area (Å²) in [5.41, 5.74) is 4.44. The van der Waals surface area contributed by atoms with Crippen molar-refractivity contribution < 1.29 is 0 Å². The van der Waals surface area contributed by atoms with Gasteiger partial charge in [0, 0.05) is 5.69 Å². The van der Waals surface area contributed by atoms with E-state index in [4.69, 9.17) is 5.84 Å². The lowest BCUT2D eigenvalue weighted by molar-refractivity contribution is 0.676. The minimum atomic E-state index is -0.286. The van der Waals surface area contributed by atoms with Crippen molar-refractivity contribution in [1.29, 1.82) is 0 Å². The third-order valence-corrected chi connectivity index (χ3v) is 3.96. The summed E-state index contributed by atoms with van der Waals surface area (Å²) in [6.07, 6.45) is 0. The molecule has 0 aliphatic rings. The van der Waals surface area contributed by atoms with Gasteiger partial charge in [-0.05, 0) is 41.9 Å². The maximum Gasteiger partial charge on any atom is 0.348 e. The van der Waals surface area contributed by atoms with E-state index in [0.717, 1.165) is 15.9 Å². The molecule has 2 aromatic heterocycles. The molecule has 0 aliphatic heterocycles. The molecule has 0 amide bonds. The van der Waals surface area contributed by atoms with E-state index in [1.54, 1.807) is 17.6 Å². The molecule has 0 aliphatic carbocycles. The first-order valence-corrected chi connectivity index (χ1v) is 6.48. The molecule has 100 valence electrons. The van der Waals surface area contributed by atoms with Crippen LogP contribution in [0.5, 0.6) is 0 Å². The number of rotatable bonds is 3. The SMILES string of the molecule is Cc1nc(=O)n(Cc2cccc(NN)n2)c(C)c1Br. The van der Waals surface area contributed by atoms with Gasteiger partial charge in [-0.15, -0.1) is 0 Å². The first-order valence-electron chi connectivity index (χ1n) is 5.69. The molecule has 0 saturated carbocycles. The number of hydrogen-bond acceptors (Lipinski definition) is 5. The van der Waals surface area contributed by atoms with Gasteiger partial charge in [0.2, 0.25) is 0 Å². The van der Waals surface area contributed by atoms with E-state index in [0.29, 0.717) is 18.1 Å². The second-order valence-electron chi connectivity index (χ2n) is 4.12. The zero-order valence-corrected chi connectivity index (χ0v) is 12.2. The third-order valence-electron chi connectivity index (χ3n) is 2.81. The van der Waals surface area contributed by atoms with Crippen LogP contribution in [0.1, 0.15) is 17.1 Å². The number of hydrazine groups is 1. The predicted molar refractivity (Wildman–Crippen MR) is 76.8 cm³/mol. The van der Waals surface area contributed by atoms with E-state index in [1.165, 1.54) is 0 Å². The zero-order valence-electron chi connectivity index (χ0n) is 10.6. The van der Waals surface area contributed by atoms with Crippen LogP contribution in [0.25, 0.3) is 0 Å². The van der Waals surface area contributed by atoms with Crippen molar-refractivity contribution in [2.75, 3.05) is 5.43 Å². The Morgan fingerprint density at radius 3 is 2.79 bits per heavy atom. The number of hydrogen-bond donors (Lipinski definition) is 2. The third kappa shape index (κ3) is 2.82. The summed E-state index contributed by atoms with van der Waals surface area (Å²) in [7, 11) is 0. The van der Waals surface area contributed by atoms with Crippen molar-refractivity contribution >= 4 is 21.7 Å². The Bertz CT molecular complexity index is 668. The van der Waals surface area contributed by atoms with E-state index in [1.807, 2.05) is 19.1 Å². The first kappa shape index (κ1) is 13.7. The molecule has 2 aromatic rings. The van der Waals surface area contributed by atoms with Crippen LogP contribution in [0.3, 0.4) is 0 Å². The van der Waals surface area contributed by atoms with Crippen LogP contribution in [-0.4, -0.2) is 14.5 Å². The van der Waals surface area contributed by atoms with Gasteiger partial charge in [-0.25, -0.2) is 15.6 Å². The Morgan fingerprint density at radius 2 is 2.11 bits per heavy atom. The lowest BCUT2D eigenvalue weighted by Crippen LogP contribution is -2.27. The van der Waals surface area contributed by atoms with Crippen LogP contribution < -0.4 is 17.0 Å². The fourth-order valence-corrected chi connectivity index (χ4v) is 2.08. The number of nitrogen functional groups attached to an aromatic ring is 1. The van der Waals surface area contributed by atoms with Gasteiger partial charge in [0.15, 0.2) is 0 Å². The minimum Gasteiger partial charge on any atom is -0.308 e. The van der Waals surface area contributed by atoms with Crippen molar-refractivity contribution in [1.82, 2.24) is 14.5 Å². The number of pyridine rings is 1. The summed E-state index contributed by atoms with van der Waals surface area (Å²) >= 11 is 3.43. The van der Waals surface area contributed by atoms with Crippen molar-refractivity contribution in [3.63, 3.8) is 0 Å². The van der Waals surface area contributed by atoms with Crippen molar-refractivity contribution in [2.24, 2.45) is 5.84 Å². The number of nitrogens with one attached hydrogen (secondary N) is 1. The predicted octanol–water partition coefficient (Wildman–Crippen LogP) is 1.35. The van der Waals surface area contributed by atoms with Crippen LogP contribution in [-0.2, 0) is 6.54 Å². The van der Waals surface area contributed by atoms with E-state index >= 15 is 0 Å². The van der Waals surface area contributed by atoms with Gasteiger partial charge < -0.3 is 5.43 Å². The highest BCUT2D eigenvalue weighted by Crippen LogP contribution is 2.17. The first-order chi connectivity index (χ1) is 9.02. The standard InChI is InChI=1S/C12H14BrN5O/c1-7-11(13)8(2)18(12(19)15-7)6-9-4-3-5-10(16-9)17-14/h3-5H,6,14H2,1-2H3,(H,16,17). The van der Waals surface area contributed by atoms with Crippen molar-refractivity contribution in [2.45, 2.75) is 20.4 Å². The van der Waals surface area contributed by atoms with Crippen LogP contribution in [0.4, 0.5) is 5.82 Å². The van der Waals surface area contributed by atoms with Gasteiger partial charge in [-0.1, -0.05) is 6.07 Å². The second kappa shape index (κ2) is 5.50. The van der Waals surface area contributed by atoms with Crippen molar-refractivity contribution in [3.05, 3.63) is 50.2 Å². The van der Waals surface area contributed by atoms with Gasteiger partial charge >= 0.3 is 5.69 Å². The summed E-state index contributed by atoms with van der Waals surface area (Å²) in [4.78, 5) is 20.2. The van der Waals surface area contributed by atoms with Gasteiger partial charge in [0.25, 0.3) is 0 Å². The molecule has 2 rings (SSSR count). The Labute approximate surface area is 118 Å². The minimum absolute atomic E-state index is 0.286. The Kier molecular flexibility index (Phi) is 3.96. The molecule has 0 aromatic carbocycles. The molecular formula is C12H14BrN5O. The molecule has 3 N–H and O–H groups in total. The molecule has 2 heterocycles. The highest BCUT2D eigenvalue weighted by Gasteiger charge is 2.10. The normalized spacial score (nSPS) is 10.5. The molecular weight excluding hydrogens is 310 g/mol. The van der Waals surface area contributed by atoms with E-state index in [9.17, 15) is 4.79 Å². The summed E-state index contributed by atoms with van der Waals surface area (Å²) in [5, 5.41) is 0. The molecule has 0 saturated heterocycles. The molecule has 0 fully saturated rings. The monoisotopic (exact) mass is 323 g/mol. The highest BCUT2D eigenvalue weighted by atomic mass is 79.9. The number of aryl methyl sites for hydroxylation is 1. The molecule has 6 nitrogen and oxygen atoms in total. The maximum absolute atomic E-state index is 11.9. The molecule has 7 heteroatoms. The van der Waals surface area contributed by atoms with Crippen LogP contribution in [0, 0.1) is 13.8 Å². The van der Waals surface area contributed by atoms with Gasteiger partial charge in [-0.3, -0.25) is 4.57 Å². The number of halogens is 1. The number of nitrogens with two attached hydrogens (primary N) is 1. The molecule has 0 bridgehead atoms. The smallest absolute Gasteiger partial charge is 0.308 e. The average molecular weight is 324 g/mol. The highest BCUT2D eigenvalue weighted by molar-refractivity contribution is 9.10. The summed E-state index contributed by atoms with van der Waals surface area (Å²) in [6.45, 7) is 4.01. The Balaban J connectivity index is 2.43. The quantitative estimate of drug-likeness (QED) is 0.657. The van der Waals surface area contributed by atoms with Crippen LogP contribution >= 0.6 is 15.9 Å². The van der Waals surface area contributed by atoms with Crippen LogP contribution in [0.2, 0.25) is 0 Å². The largest absolute Gasteiger partial charge is 0.348 e. The topological polar surface area (TPSA) is 85.8 Å². The van der Waals surface area contributed by atoms with E-state index in [2.05, 4.69) is 31.3 Å². The number of anilines is 1. The fraction of sp³-hybridized carbons (Fsp3) is 0.250. The molecule has 0 atom stereocenters. The number of nitrogens with zero attached hydrogens (tertiary/aromatic N) is 3. The van der Waals surface area contributed by atoms with Gasteiger partial charge in [0.1, 0.15) is 5.82 Å². The molecule has 0 unspecified atom stereocenters. The van der Waals surface area contributed by atoms with Gasteiger partial charge in [0.05, 0.1) is 22.4 Å².